The van der Waals surface area contributed by atoms with E-state index < -0.39 is 10.2 Å². The summed E-state index contributed by atoms with van der Waals surface area (Å²) >= 11 is 0. The molecule has 1 aromatic rings. The van der Waals surface area contributed by atoms with Crippen molar-refractivity contribution in [3.05, 3.63) is 29.3 Å². The highest BCUT2D eigenvalue weighted by molar-refractivity contribution is 7.90. The summed E-state index contributed by atoms with van der Waals surface area (Å²) in [5.74, 6) is 5.60. The zero-order chi connectivity index (χ0) is 15.3. The van der Waals surface area contributed by atoms with Crippen LogP contribution >= 0.6 is 0 Å². The van der Waals surface area contributed by atoms with E-state index in [-0.39, 0.29) is 12.6 Å². The summed E-state index contributed by atoms with van der Waals surface area (Å²) in [4.78, 5) is 0. The van der Waals surface area contributed by atoms with Crippen LogP contribution in [0.25, 0.3) is 0 Å². The van der Waals surface area contributed by atoms with Crippen molar-refractivity contribution in [2.75, 3.05) is 18.3 Å². The first-order chi connectivity index (χ1) is 9.27. The molecule has 0 heterocycles. The van der Waals surface area contributed by atoms with Crippen LogP contribution in [0.1, 0.15) is 25.0 Å². The summed E-state index contributed by atoms with van der Waals surface area (Å²) in [5.41, 5.74) is 7.39. The van der Waals surface area contributed by atoms with Crippen molar-refractivity contribution < 1.29 is 8.42 Å². The number of benzene rings is 1. The van der Waals surface area contributed by atoms with Crippen LogP contribution in [0.15, 0.2) is 18.2 Å². The van der Waals surface area contributed by atoms with E-state index in [1.165, 1.54) is 11.4 Å². The number of hydrogen-bond acceptors (Lipinski definition) is 3. The molecule has 110 valence electrons. The van der Waals surface area contributed by atoms with Gasteiger partial charge in [-0.1, -0.05) is 17.9 Å². The van der Waals surface area contributed by atoms with Crippen LogP contribution in [0.5, 0.6) is 0 Å². The maximum absolute atomic E-state index is 12.2. The van der Waals surface area contributed by atoms with Crippen molar-refractivity contribution in [1.82, 2.24) is 4.31 Å². The third-order valence-corrected chi connectivity index (χ3v) is 4.50. The molecule has 0 fully saturated rings. The summed E-state index contributed by atoms with van der Waals surface area (Å²) in [7, 11) is -2.06. The van der Waals surface area contributed by atoms with Crippen LogP contribution in [0.3, 0.4) is 0 Å². The normalized spacial score (nSPS) is 11.3. The van der Waals surface area contributed by atoms with E-state index >= 15 is 0 Å². The molecule has 0 aliphatic carbocycles. The highest BCUT2D eigenvalue weighted by Crippen LogP contribution is 2.19. The van der Waals surface area contributed by atoms with E-state index in [2.05, 4.69) is 16.6 Å². The van der Waals surface area contributed by atoms with E-state index in [0.717, 1.165) is 5.56 Å². The van der Waals surface area contributed by atoms with Gasteiger partial charge in [-0.05, 0) is 38.5 Å². The Kier molecular flexibility index (Phi) is 5.57. The standard InChI is InChI=1S/C14H21N3O2S/c1-11(2)17(4)20(18,19)16-14-10-12(3)7-8-13(14)6-5-9-15/h7-8,10-11,16H,9,15H2,1-4H3. The average molecular weight is 295 g/mol. The van der Waals surface area contributed by atoms with Gasteiger partial charge in [-0.2, -0.15) is 12.7 Å². The molecular formula is C14H21N3O2S. The van der Waals surface area contributed by atoms with E-state index in [4.69, 9.17) is 5.73 Å². The van der Waals surface area contributed by atoms with E-state index in [1.54, 1.807) is 12.1 Å². The molecule has 20 heavy (non-hydrogen) atoms. The summed E-state index contributed by atoms with van der Waals surface area (Å²) in [6.07, 6.45) is 0. The average Bonchev–Trinajstić information content (AvgIpc) is 2.36. The molecule has 6 heteroatoms. The number of nitrogens with zero attached hydrogens (tertiary/aromatic N) is 1. The fourth-order valence-corrected chi connectivity index (χ4v) is 2.63. The molecule has 0 saturated carbocycles. The van der Waals surface area contributed by atoms with Crippen molar-refractivity contribution >= 4 is 15.9 Å². The summed E-state index contributed by atoms with van der Waals surface area (Å²) < 4.78 is 28.3. The minimum Gasteiger partial charge on any atom is -0.320 e. The summed E-state index contributed by atoms with van der Waals surface area (Å²) in [6, 6.07) is 5.29. The Balaban J connectivity index is 3.17. The molecule has 0 aromatic heterocycles. The van der Waals surface area contributed by atoms with Crippen LogP contribution in [0, 0.1) is 18.8 Å². The molecule has 1 aromatic carbocycles. The van der Waals surface area contributed by atoms with E-state index in [0.29, 0.717) is 11.3 Å². The number of nitrogens with two attached hydrogens (primary N) is 1. The zero-order valence-corrected chi connectivity index (χ0v) is 13.1. The zero-order valence-electron chi connectivity index (χ0n) is 12.3. The molecule has 0 aliphatic heterocycles. The first kappa shape index (κ1) is 16.5. The van der Waals surface area contributed by atoms with Crippen LogP contribution in [0.4, 0.5) is 5.69 Å². The predicted octanol–water partition coefficient (Wildman–Crippen LogP) is 1.30. The summed E-state index contributed by atoms with van der Waals surface area (Å²) in [6.45, 7) is 5.74. The van der Waals surface area contributed by atoms with Gasteiger partial charge < -0.3 is 5.73 Å². The van der Waals surface area contributed by atoms with Crippen molar-refractivity contribution in [3.8, 4) is 11.8 Å². The maximum Gasteiger partial charge on any atom is 0.301 e. The lowest BCUT2D eigenvalue weighted by molar-refractivity contribution is 0.414. The van der Waals surface area contributed by atoms with Gasteiger partial charge in [0.15, 0.2) is 0 Å². The Labute approximate surface area is 121 Å². The Bertz CT molecular complexity index is 628. The monoisotopic (exact) mass is 295 g/mol. The van der Waals surface area contributed by atoms with Crippen molar-refractivity contribution in [3.63, 3.8) is 0 Å². The second-order valence-corrected chi connectivity index (χ2v) is 6.50. The molecule has 0 aliphatic rings. The molecule has 0 spiro atoms. The number of aryl methyl sites for hydroxylation is 1. The number of anilines is 1. The van der Waals surface area contributed by atoms with Gasteiger partial charge in [0.2, 0.25) is 0 Å². The number of hydrogen-bond donors (Lipinski definition) is 2. The van der Waals surface area contributed by atoms with Gasteiger partial charge in [-0.3, -0.25) is 4.72 Å². The van der Waals surface area contributed by atoms with Crippen LogP contribution < -0.4 is 10.5 Å². The van der Waals surface area contributed by atoms with Crippen LogP contribution in [-0.4, -0.2) is 32.4 Å². The molecule has 1 rings (SSSR count). The highest BCUT2D eigenvalue weighted by atomic mass is 32.2. The number of nitrogens with one attached hydrogen (secondary N) is 1. The first-order valence-corrected chi connectivity index (χ1v) is 7.77. The SMILES string of the molecule is Cc1ccc(C#CCN)c(NS(=O)(=O)N(C)C(C)C)c1. The Morgan fingerprint density at radius 1 is 1.40 bits per heavy atom. The molecular weight excluding hydrogens is 274 g/mol. The third kappa shape index (κ3) is 4.23. The number of rotatable bonds is 4. The molecule has 0 radical (unpaired) electrons. The fraction of sp³-hybridized carbons (Fsp3) is 0.429. The van der Waals surface area contributed by atoms with Gasteiger partial charge in [-0.25, -0.2) is 0 Å². The molecule has 0 amide bonds. The minimum absolute atomic E-state index is 0.129. The van der Waals surface area contributed by atoms with E-state index in [1.807, 2.05) is 26.8 Å². The van der Waals surface area contributed by atoms with Crippen LogP contribution in [0.2, 0.25) is 0 Å². The molecule has 5 nitrogen and oxygen atoms in total. The second kappa shape index (κ2) is 6.75. The van der Waals surface area contributed by atoms with Gasteiger partial charge in [0.05, 0.1) is 12.2 Å². The van der Waals surface area contributed by atoms with Gasteiger partial charge in [0, 0.05) is 18.7 Å². The second-order valence-electron chi connectivity index (χ2n) is 4.77. The molecule has 0 saturated heterocycles. The topological polar surface area (TPSA) is 75.4 Å². The van der Waals surface area contributed by atoms with Crippen LogP contribution in [-0.2, 0) is 10.2 Å². The first-order valence-electron chi connectivity index (χ1n) is 6.33. The van der Waals surface area contributed by atoms with Gasteiger partial charge in [0.25, 0.3) is 0 Å². The smallest absolute Gasteiger partial charge is 0.301 e. The summed E-state index contributed by atoms with van der Waals surface area (Å²) in [5, 5.41) is 0. The molecule has 0 atom stereocenters. The molecule has 0 unspecified atom stereocenters. The van der Waals surface area contributed by atoms with Gasteiger partial charge in [0.1, 0.15) is 0 Å². The largest absolute Gasteiger partial charge is 0.320 e. The predicted molar refractivity (Wildman–Crippen MR) is 82.6 cm³/mol. The molecule has 3 N–H and O–H groups in total. The Hall–Kier alpha value is -1.55. The molecule has 0 bridgehead atoms. The lowest BCUT2D eigenvalue weighted by atomic mass is 10.1. The fourth-order valence-electron chi connectivity index (χ4n) is 1.49. The van der Waals surface area contributed by atoms with Crippen molar-refractivity contribution in [1.29, 1.82) is 0 Å². The third-order valence-electron chi connectivity index (χ3n) is 2.85. The minimum atomic E-state index is -3.59. The van der Waals surface area contributed by atoms with Crippen molar-refractivity contribution in [2.24, 2.45) is 5.73 Å². The maximum atomic E-state index is 12.2. The quantitative estimate of drug-likeness (QED) is 0.822. The lowest BCUT2D eigenvalue weighted by Gasteiger charge is -2.22. The lowest BCUT2D eigenvalue weighted by Crippen LogP contribution is -2.37. The van der Waals surface area contributed by atoms with E-state index in [9.17, 15) is 8.42 Å². The Morgan fingerprint density at radius 2 is 2.05 bits per heavy atom. The Morgan fingerprint density at radius 3 is 2.60 bits per heavy atom. The van der Waals surface area contributed by atoms with Crippen molar-refractivity contribution in [2.45, 2.75) is 26.8 Å². The van der Waals surface area contributed by atoms with Gasteiger partial charge >= 0.3 is 10.2 Å². The highest BCUT2D eigenvalue weighted by Gasteiger charge is 2.21. The van der Waals surface area contributed by atoms with Gasteiger partial charge in [-0.15, -0.1) is 0 Å².